The van der Waals surface area contributed by atoms with Crippen LogP contribution in [0.5, 0.6) is 0 Å². The van der Waals surface area contributed by atoms with Crippen molar-refractivity contribution in [3.8, 4) is 6.07 Å². The summed E-state index contributed by atoms with van der Waals surface area (Å²) in [5.41, 5.74) is 3.86. The second-order valence-electron chi connectivity index (χ2n) is 6.07. The molecule has 0 spiro atoms. The lowest BCUT2D eigenvalue weighted by Gasteiger charge is -2.14. The van der Waals surface area contributed by atoms with Crippen LogP contribution in [0.15, 0.2) is 42.5 Å². The molecule has 2 aromatic carbocycles. The van der Waals surface area contributed by atoms with E-state index in [1.165, 1.54) is 18.1 Å². The first-order chi connectivity index (χ1) is 12.1. The van der Waals surface area contributed by atoms with E-state index in [9.17, 15) is 9.59 Å². The second kappa shape index (κ2) is 7.18. The summed E-state index contributed by atoms with van der Waals surface area (Å²) in [5.74, 6) is -0.951. The van der Waals surface area contributed by atoms with Crippen LogP contribution >= 0.6 is 0 Å². The number of carbonyl (C=O) groups is 2. The summed E-state index contributed by atoms with van der Waals surface area (Å²) in [5, 5.41) is 11.5. The molecule has 0 saturated heterocycles. The molecule has 1 amide bonds. The number of esters is 1. The highest BCUT2D eigenvalue weighted by atomic mass is 16.5. The predicted molar refractivity (Wildman–Crippen MR) is 93.1 cm³/mol. The van der Waals surface area contributed by atoms with E-state index in [1.807, 2.05) is 18.2 Å². The standard InChI is InChI=1S/C20H18N2O3/c1-13(19(23)22-18-7-2-4-14(10-18)12-21)25-20(24)17-9-8-15-5-3-6-16(15)11-17/h2,4,7-11,13H,3,5-6H2,1H3,(H,22,23)/t13-/m0/s1. The van der Waals surface area contributed by atoms with Gasteiger partial charge < -0.3 is 10.1 Å². The molecule has 0 radical (unpaired) electrons. The van der Waals surface area contributed by atoms with Gasteiger partial charge in [-0.05, 0) is 67.6 Å². The molecule has 0 aromatic heterocycles. The zero-order valence-electron chi connectivity index (χ0n) is 13.9. The number of rotatable bonds is 4. The Kier molecular flexibility index (Phi) is 4.80. The summed E-state index contributed by atoms with van der Waals surface area (Å²) in [6.45, 7) is 1.52. The highest BCUT2D eigenvalue weighted by Crippen LogP contribution is 2.23. The van der Waals surface area contributed by atoms with Gasteiger partial charge >= 0.3 is 5.97 Å². The number of carbonyl (C=O) groups excluding carboxylic acids is 2. The van der Waals surface area contributed by atoms with Crippen molar-refractivity contribution in [2.45, 2.75) is 32.3 Å². The van der Waals surface area contributed by atoms with Gasteiger partial charge in [0.25, 0.3) is 5.91 Å². The number of benzene rings is 2. The molecule has 0 heterocycles. The average Bonchev–Trinajstić information content (AvgIpc) is 3.09. The Balaban J connectivity index is 1.62. The Hall–Kier alpha value is -3.13. The highest BCUT2D eigenvalue weighted by Gasteiger charge is 2.20. The first-order valence-corrected chi connectivity index (χ1v) is 8.20. The molecule has 1 N–H and O–H groups in total. The molecular weight excluding hydrogens is 316 g/mol. The molecule has 0 fully saturated rings. The van der Waals surface area contributed by atoms with Gasteiger partial charge in [-0.25, -0.2) is 4.79 Å². The topological polar surface area (TPSA) is 79.2 Å². The van der Waals surface area contributed by atoms with Gasteiger partial charge in [0.2, 0.25) is 0 Å². The monoisotopic (exact) mass is 334 g/mol. The molecule has 0 saturated carbocycles. The number of nitrogens with zero attached hydrogens (tertiary/aromatic N) is 1. The Morgan fingerprint density at radius 1 is 1.16 bits per heavy atom. The van der Waals surface area contributed by atoms with Gasteiger partial charge in [-0.1, -0.05) is 12.1 Å². The van der Waals surface area contributed by atoms with Gasteiger partial charge in [0.15, 0.2) is 6.10 Å². The number of hydrogen-bond acceptors (Lipinski definition) is 4. The van der Waals surface area contributed by atoms with E-state index < -0.39 is 18.0 Å². The van der Waals surface area contributed by atoms with Gasteiger partial charge in [0.05, 0.1) is 17.2 Å². The number of aryl methyl sites for hydroxylation is 2. The van der Waals surface area contributed by atoms with E-state index in [0.717, 1.165) is 19.3 Å². The number of hydrogen-bond donors (Lipinski definition) is 1. The molecule has 0 aliphatic heterocycles. The quantitative estimate of drug-likeness (QED) is 0.871. The van der Waals surface area contributed by atoms with E-state index in [4.69, 9.17) is 10.00 Å². The zero-order valence-corrected chi connectivity index (χ0v) is 13.9. The van der Waals surface area contributed by atoms with Crippen LogP contribution < -0.4 is 5.32 Å². The maximum atomic E-state index is 12.3. The fourth-order valence-corrected chi connectivity index (χ4v) is 2.89. The van der Waals surface area contributed by atoms with E-state index in [1.54, 1.807) is 30.3 Å². The fourth-order valence-electron chi connectivity index (χ4n) is 2.89. The van der Waals surface area contributed by atoms with Crippen LogP contribution in [0.4, 0.5) is 5.69 Å². The summed E-state index contributed by atoms with van der Waals surface area (Å²) in [4.78, 5) is 24.5. The molecule has 1 aliphatic rings. The van der Waals surface area contributed by atoms with Crippen molar-refractivity contribution in [1.82, 2.24) is 0 Å². The number of fused-ring (bicyclic) bond motifs is 1. The van der Waals surface area contributed by atoms with Crippen molar-refractivity contribution in [2.75, 3.05) is 5.32 Å². The zero-order chi connectivity index (χ0) is 17.8. The van der Waals surface area contributed by atoms with Crippen molar-refractivity contribution in [2.24, 2.45) is 0 Å². The van der Waals surface area contributed by atoms with E-state index in [2.05, 4.69) is 5.32 Å². The van der Waals surface area contributed by atoms with Crippen LogP contribution in [0.25, 0.3) is 0 Å². The molecule has 3 rings (SSSR count). The highest BCUT2D eigenvalue weighted by molar-refractivity contribution is 5.97. The maximum absolute atomic E-state index is 12.3. The van der Waals surface area contributed by atoms with Crippen LogP contribution in [0.1, 0.15) is 40.4 Å². The summed E-state index contributed by atoms with van der Waals surface area (Å²) in [6.07, 6.45) is 2.19. The Labute approximate surface area is 146 Å². The predicted octanol–water partition coefficient (Wildman–Crippen LogP) is 3.23. The molecule has 1 aliphatic carbocycles. The van der Waals surface area contributed by atoms with Crippen LogP contribution in [0.3, 0.4) is 0 Å². The van der Waals surface area contributed by atoms with Crippen LogP contribution in [-0.4, -0.2) is 18.0 Å². The third-order valence-electron chi connectivity index (χ3n) is 4.25. The van der Waals surface area contributed by atoms with Crippen molar-refractivity contribution in [3.05, 3.63) is 64.7 Å². The number of nitrogens with one attached hydrogen (secondary N) is 1. The van der Waals surface area contributed by atoms with Crippen molar-refractivity contribution >= 4 is 17.6 Å². The summed E-state index contributed by atoms with van der Waals surface area (Å²) >= 11 is 0. The lowest BCUT2D eigenvalue weighted by molar-refractivity contribution is -0.123. The first-order valence-electron chi connectivity index (χ1n) is 8.20. The molecular formula is C20H18N2O3. The van der Waals surface area contributed by atoms with Gasteiger partial charge in [-0.2, -0.15) is 5.26 Å². The third kappa shape index (κ3) is 3.86. The van der Waals surface area contributed by atoms with E-state index >= 15 is 0 Å². The van der Waals surface area contributed by atoms with E-state index in [-0.39, 0.29) is 0 Å². The largest absolute Gasteiger partial charge is 0.449 e. The van der Waals surface area contributed by atoms with E-state index in [0.29, 0.717) is 16.8 Å². The average molecular weight is 334 g/mol. The van der Waals surface area contributed by atoms with Gasteiger partial charge in [-0.15, -0.1) is 0 Å². The molecule has 5 heteroatoms. The Morgan fingerprint density at radius 3 is 2.76 bits per heavy atom. The number of ether oxygens (including phenoxy) is 1. The fraction of sp³-hybridized carbons (Fsp3) is 0.250. The van der Waals surface area contributed by atoms with Crippen molar-refractivity contribution in [1.29, 1.82) is 5.26 Å². The molecule has 0 unspecified atom stereocenters. The van der Waals surface area contributed by atoms with Crippen LogP contribution in [0.2, 0.25) is 0 Å². The minimum absolute atomic E-state index is 0.440. The van der Waals surface area contributed by atoms with Crippen LogP contribution in [-0.2, 0) is 22.4 Å². The number of anilines is 1. The summed E-state index contributed by atoms with van der Waals surface area (Å²) in [6, 6.07) is 14.1. The number of nitriles is 1. The van der Waals surface area contributed by atoms with Crippen molar-refractivity contribution < 1.29 is 14.3 Å². The molecule has 0 bridgehead atoms. The van der Waals surface area contributed by atoms with Gasteiger partial charge in [0, 0.05) is 5.69 Å². The second-order valence-corrected chi connectivity index (χ2v) is 6.07. The number of amides is 1. The summed E-state index contributed by atoms with van der Waals surface area (Å²) < 4.78 is 5.27. The molecule has 1 atom stereocenters. The van der Waals surface area contributed by atoms with Gasteiger partial charge in [-0.3, -0.25) is 4.79 Å². The molecule has 126 valence electrons. The smallest absolute Gasteiger partial charge is 0.338 e. The Morgan fingerprint density at radius 2 is 1.96 bits per heavy atom. The van der Waals surface area contributed by atoms with Crippen LogP contribution in [0, 0.1) is 11.3 Å². The molecule has 2 aromatic rings. The van der Waals surface area contributed by atoms with Crippen molar-refractivity contribution in [3.63, 3.8) is 0 Å². The normalized spacial score (nSPS) is 13.4. The van der Waals surface area contributed by atoms with Gasteiger partial charge in [0.1, 0.15) is 0 Å². The third-order valence-corrected chi connectivity index (χ3v) is 4.25. The Bertz CT molecular complexity index is 867. The molecule has 25 heavy (non-hydrogen) atoms. The maximum Gasteiger partial charge on any atom is 0.338 e. The minimum Gasteiger partial charge on any atom is -0.449 e. The SMILES string of the molecule is C[C@H](OC(=O)c1ccc2c(c1)CCC2)C(=O)Nc1cccc(C#N)c1. The first kappa shape index (κ1) is 16.7. The lowest BCUT2D eigenvalue weighted by Crippen LogP contribution is -2.30. The summed E-state index contributed by atoms with van der Waals surface area (Å²) in [7, 11) is 0. The molecule has 5 nitrogen and oxygen atoms in total. The minimum atomic E-state index is -0.938. The lowest BCUT2D eigenvalue weighted by atomic mass is 10.1.